The van der Waals surface area contributed by atoms with E-state index in [1.807, 2.05) is 0 Å². The summed E-state index contributed by atoms with van der Waals surface area (Å²) in [6, 6.07) is 5.10. The molecule has 1 N–H and O–H groups in total. The summed E-state index contributed by atoms with van der Waals surface area (Å²) >= 11 is 3.11. The van der Waals surface area contributed by atoms with Crippen molar-refractivity contribution < 1.29 is 13.9 Å². The summed E-state index contributed by atoms with van der Waals surface area (Å²) < 4.78 is 24.8. The molecular formula is C14H19BrFNO2. The second-order valence-corrected chi connectivity index (χ2v) is 5.57. The molecule has 2 atom stereocenters. The molecular weight excluding hydrogens is 313 g/mol. The molecule has 1 aromatic carbocycles. The van der Waals surface area contributed by atoms with Gasteiger partial charge in [-0.2, -0.15) is 0 Å². The molecule has 106 valence electrons. The van der Waals surface area contributed by atoms with Gasteiger partial charge in [0.1, 0.15) is 18.2 Å². The molecule has 0 bridgehead atoms. The maximum Gasteiger partial charge on any atom is 0.141 e. The van der Waals surface area contributed by atoms with Gasteiger partial charge in [0.05, 0.1) is 10.6 Å². The van der Waals surface area contributed by atoms with Crippen LogP contribution in [0, 0.1) is 5.82 Å². The summed E-state index contributed by atoms with van der Waals surface area (Å²) in [7, 11) is 0. The van der Waals surface area contributed by atoms with Gasteiger partial charge >= 0.3 is 0 Å². The van der Waals surface area contributed by atoms with Crippen LogP contribution in [0.15, 0.2) is 22.7 Å². The third-order valence-corrected chi connectivity index (χ3v) is 3.89. The van der Waals surface area contributed by atoms with Crippen LogP contribution in [-0.4, -0.2) is 31.9 Å². The van der Waals surface area contributed by atoms with Crippen molar-refractivity contribution in [3.63, 3.8) is 0 Å². The fourth-order valence-corrected chi connectivity index (χ4v) is 2.40. The molecule has 1 saturated heterocycles. The summed E-state index contributed by atoms with van der Waals surface area (Å²) in [5, 5.41) is 3.37. The van der Waals surface area contributed by atoms with E-state index in [0.29, 0.717) is 29.0 Å². The smallest absolute Gasteiger partial charge is 0.141 e. The zero-order valence-electron chi connectivity index (χ0n) is 11.0. The Morgan fingerprint density at radius 3 is 3.11 bits per heavy atom. The normalized spacial score (nSPS) is 20.5. The Bertz CT molecular complexity index is 410. The molecule has 0 aliphatic carbocycles. The van der Waals surface area contributed by atoms with Crippen LogP contribution in [0.3, 0.4) is 0 Å². The molecule has 1 fully saturated rings. The molecule has 0 saturated carbocycles. The molecule has 0 spiro atoms. The highest BCUT2D eigenvalue weighted by molar-refractivity contribution is 9.10. The van der Waals surface area contributed by atoms with E-state index < -0.39 is 0 Å². The van der Waals surface area contributed by atoms with Crippen molar-refractivity contribution in [1.82, 2.24) is 5.32 Å². The Hall–Kier alpha value is -0.650. The SMILES string of the molecule is CC(NCCOc1ccc(Br)c(F)c1)C1CCCO1. The minimum atomic E-state index is -0.307. The van der Waals surface area contributed by atoms with Gasteiger partial charge in [0.15, 0.2) is 0 Å². The van der Waals surface area contributed by atoms with E-state index in [0.717, 1.165) is 26.0 Å². The Morgan fingerprint density at radius 2 is 2.42 bits per heavy atom. The van der Waals surface area contributed by atoms with Crippen molar-refractivity contribution in [2.24, 2.45) is 0 Å². The van der Waals surface area contributed by atoms with E-state index in [1.165, 1.54) is 6.07 Å². The maximum absolute atomic E-state index is 13.3. The summed E-state index contributed by atoms with van der Waals surface area (Å²) in [4.78, 5) is 0. The number of nitrogens with one attached hydrogen (secondary N) is 1. The minimum absolute atomic E-state index is 0.307. The van der Waals surface area contributed by atoms with Crippen molar-refractivity contribution in [3.8, 4) is 5.75 Å². The third-order valence-electron chi connectivity index (χ3n) is 3.25. The lowest BCUT2D eigenvalue weighted by Crippen LogP contribution is -2.39. The molecule has 0 radical (unpaired) electrons. The molecule has 2 unspecified atom stereocenters. The van der Waals surface area contributed by atoms with Crippen molar-refractivity contribution in [3.05, 3.63) is 28.5 Å². The number of benzene rings is 1. The lowest BCUT2D eigenvalue weighted by molar-refractivity contribution is 0.0824. The van der Waals surface area contributed by atoms with Crippen molar-refractivity contribution in [2.75, 3.05) is 19.8 Å². The summed E-state index contributed by atoms with van der Waals surface area (Å²) in [5.74, 6) is 0.241. The number of hydrogen-bond donors (Lipinski definition) is 1. The van der Waals surface area contributed by atoms with Gasteiger partial charge in [0.25, 0.3) is 0 Å². The molecule has 5 heteroatoms. The van der Waals surface area contributed by atoms with Crippen molar-refractivity contribution in [2.45, 2.75) is 31.9 Å². The molecule has 3 nitrogen and oxygen atoms in total. The molecule has 0 amide bonds. The number of hydrogen-bond acceptors (Lipinski definition) is 3. The Morgan fingerprint density at radius 1 is 1.58 bits per heavy atom. The van der Waals surface area contributed by atoms with Crippen LogP contribution in [-0.2, 0) is 4.74 Å². The average molecular weight is 332 g/mol. The maximum atomic E-state index is 13.3. The van der Waals surface area contributed by atoms with Gasteiger partial charge in [0.2, 0.25) is 0 Å². The van der Waals surface area contributed by atoms with E-state index in [-0.39, 0.29) is 5.82 Å². The predicted octanol–water partition coefficient (Wildman–Crippen LogP) is 3.12. The molecule has 1 aliphatic heterocycles. The second-order valence-electron chi connectivity index (χ2n) is 4.72. The van der Waals surface area contributed by atoms with Gasteiger partial charge in [-0.3, -0.25) is 0 Å². The van der Waals surface area contributed by atoms with Crippen molar-refractivity contribution in [1.29, 1.82) is 0 Å². The summed E-state index contributed by atoms with van der Waals surface area (Å²) in [5.41, 5.74) is 0. The van der Waals surface area contributed by atoms with Crippen LogP contribution in [0.2, 0.25) is 0 Å². The topological polar surface area (TPSA) is 30.5 Å². The second kappa shape index (κ2) is 7.22. The molecule has 1 heterocycles. The van der Waals surface area contributed by atoms with Crippen LogP contribution in [0.25, 0.3) is 0 Å². The van der Waals surface area contributed by atoms with Gasteiger partial charge in [-0.05, 0) is 47.8 Å². The fraction of sp³-hybridized carbons (Fsp3) is 0.571. The Balaban J connectivity index is 1.67. The Kier molecular flexibility index (Phi) is 5.60. The highest BCUT2D eigenvalue weighted by atomic mass is 79.9. The number of rotatable bonds is 6. The molecule has 1 aromatic rings. The first kappa shape index (κ1) is 14.8. The third kappa shape index (κ3) is 4.44. The van der Waals surface area contributed by atoms with E-state index in [2.05, 4.69) is 28.2 Å². The van der Waals surface area contributed by atoms with Gasteiger partial charge in [0, 0.05) is 25.3 Å². The molecule has 19 heavy (non-hydrogen) atoms. The first-order valence-corrected chi connectivity index (χ1v) is 7.39. The quantitative estimate of drug-likeness (QED) is 0.812. The zero-order valence-corrected chi connectivity index (χ0v) is 12.6. The van der Waals surface area contributed by atoms with E-state index >= 15 is 0 Å². The standard InChI is InChI=1S/C14H19BrFNO2/c1-10(14-3-2-7-19-14)17-6-8-18-11-4-5-12(15)13(16)9-11/h4-5,9-10,14,17H,2-3,6-8H2,1H3. The van der Waals surface area contributed by atoms with Gasteiger partial charge < -0.3 is 14.8 Å². The average Bonchev–Trinajstić information content (AvgIpc) is 2.92. The first-order chi connectivity index (χ1) is 9.16. The van der Waals surface area contributed by atoms with E-state index in [9.17, 15) is 4.39 Å². The van der Waals surface area contributed by atoms with Crippen LogP contribution >= 0.6 is 15.9 Å². The highest BCUT2D eigenvalue weighted by Crippen LogP contribution is 2.20. The highest BCUT2D eigenvalue weighted by Gasteiger charge is 2.21. The Labute approximate surface area is 121 Å². The van der Waals surface area contributed by atoms with Gasteiger partial charge in [-0.15, -0.1) is 0 Å². The van der Waals surface area contributed by atoms with Gasteiger partial charge in [-0.1, -0.05) is 0 Å². The van der Waals surface area contributed by atoms with Gasteiger partial charge in [-0.25, -0.2) is 4.39 Å². The molecule has 1 aliphatic rings. The zero-order chi connectivity index (χ0) is 13.7. The molecule has 2 rings (SSSR count). The van der Waals surface area contributed by atoms with Crippen LogP contribution in [0.5, 0.6) is 5.75 Å². The lowest BCUT2D eigenvalue weighted by Gasteiger charge is -2.20. The number of halogens is 2. The minimum Gasteiger partial charge on any atom is -0.492 e. The number of ether oxygens (including phenoxy) is 2. The predicted molar refractivity (Wildman–Crippen MR) is 76.0 cm³/mol. The van der Waals surface area contributed by atoms with E-state index in [1.54, 1.807) is 12.1 Å². The fourth-order valence-electron chi connectivity index (χ4n) is 2.15. The summed E-state index contributed by atoms with van der Waals surface area (Å²) in [6.45, 7) is 4.22. The first-order valence-electron chi connectivity index (χ1n) is 6.59. The van der Waals surface area contributed by atoms with Crippen LogP contribution in [0.1, 0.15) is 19.8 Å². The monoisotopic (exact) mass is 331 g/mol. The van der Waals surface area contributed by atoms with Crippen LogP contribution in [0.4, 0.5) is 4.39 Å². The van der Waals surface area contributed by atoms with Crippen molar-refractivity contribution >= 4 is 15.9 Å². The largest absolute Gasteiger partial charge is 0.492 e. The van der Waals surface area contributed by atoms with Crippen LogP contribution < -0.4 is 10.1 Å². The molecule has 0 aromatic heterocycles. The van der Waals surface area contributed by atoms with E-state index in [4.69, 9.17) is 9.47 Å². The summed E-state index contributed by atoms with van der Waals surface area (Å²) in [6.07, 6.45) is 2.57. The lowest BCUT2D eigenvalue weighted by atomic mass is 10.1.